The van der Waals surface area contributed by atoms with Crippen LogP contribution in [0.4, 0.5) is 0 Å². The summed E-state index contributed by atoms with van der Waals surface area (Å²) in [4.78, 5) is 23.8. The summed E-state index contributed by atoms with van der Waals surface area (Å²) < 4.78 is 5.13. The molecule has 1 fully saturated rings. The number of aryl methyl sites for hydroxylation is 1. The zero-order chi connectivity index (χ0) is 20.9. The Hall–Kier alpha value is -2.16. The van der Waals surface area contributed by atoms with E-state index in [0.717, 1.165) is 44.9 Å². The van der Waals surface area contributed by atoms with Crippen molar-refractivity contribution in [1.82, 2.24) is 0 Å². The van der Waals surface area contributed by atoms with Gasteiger partial charge in [0.25, 0.3) is 0 Å². The highest BCUT2D eigenvalue weighted by molar-refractivity contribution is 5.83. The number of carbonyl (C=O) groups is 2. The first kappa shape index (κ1) is 23.1. The molecule has 3 nitrogen and oxygen atoms in total. The molecule has 0 N–H and O–H groups in total. The zero-order valence-electron chi connectivity index (χ0n) is 18.0. The molecule has 1 aromatic rings. The normalized spacial score (nSPS) is 19.6. The molecular weight excluding hydrogens is 360 g/mol. The predicted molar refractivity (Wildman–Crippen MR) is 119 cm³/mol. The third-order valence-electron chi connectivity index (χ3n) is 5.39. The predicted octanol–water partition coefficient (Wildman–Crippen LogP) is 6.23. The Kier molecular flexibility index (Phi) is 10.5. The lowest BCUT2D eigenvalue weighted by Crippen LogP contribution is -2.12. The highest BCUT2D eigenvalue weighted by Gasteiger charge is 2.31. The van der Waals surface area contributed by atoms with Crippen LogP contribution in [-0.2, 0) is 20.7 Å². The van der Waals surface area contributed by atoms with Crippen molar-refractivity contribution in [2.24, 2.45) is 11.8 Å². The molecule has 29 heavy (non-hydrogen) atoms. The van der Waals surface area contributed by atoms with E-state index >= 15 is 0 Å². The lowest BCUT2D eigenvalue weighted by atomic mass is 9.91. The van der Waals surface area contributed by atoms with Crippen LogP contribution in [0.15, 0.2) is 54.6 Å². The number of Topliss-reactive ketones (excluding diaryl/α,β-unsaturated/α-hetero) is 1. The summed E-state index contributed by atoms with van der Waals surface area (Å²) in [6.45, 7) is 3.73. The molecule has 1 aliphatic rings. The topological polar surface area (TPSA) is 43.4 Å². The van der Waals surface area contributed by atoms with Crippen LogP contribution >= 0.6 is 0 Å². The molecule has 1 unspecified atom stereocenters. The van der Waals surface area contributed by atoms with Crippen LogP contribution < -0.4 is 0 Å². The summed E-state index contributed by atoms with van der Waals surface area (Å²) >= 11 is 0. The summed E-state index contributed by atoms with van der Waals surface area (Å²) in [5.74, 6) is 0.776. The van der Waals surface area contributed by atoms with E-state index in [1.54, 1.807) is 0 Å². The third kappa shape index (κ3) is 9.25. The smallest absolute Gasteiger partial charge is 0.306 e. The van der Waals surface area contributed by atoms with Crippen molar-refractivity contribution in [1.29, 1.82) is 0 Å². The van der Waals surface area contributed by atoms with E-state index < -0.39 is 0 Å². The second-order valence-corrected chi connectivity index (χ2v) is 8.22. The average molecular weight is 397 g/mol. The molecule has 2 atom stereocenters. The van der Waals surface area contributed by atoms with Crippen LogP contribution in [0.25, 0.3) is 0 Å². The average Bonchev–Trinajstić information content (AvgIpc) is 3.04. The van der Waals surface area contributed by atoms with E-state index in [4.69, 9.17) is 4.74 Å². The van der Waals surface area contributed by atoms with Gasteiger partial charge in [-0.1, -0.05) is 54.6 Å². The molecule has 0 amide bonds. The Balaban J connectivity index is 1.65. The van der Waals surface area contributed by atoms with Crippen LogP contribution in [-0.4, -0.2) is 17.9 Å². The van der Waals surface area contributed by atoms with Gasteiger partial charge in [0, 0.05) is 18.8 Å². The third-order valence-corrected chi connectivity index (χ3v) is 5.39. The maximum atomic E-state index is 12.2. The number of hydrogen-bond donors (Lipinski definition) is 0. The highest BCUT2D eigenvalue weighted by atomic mass is 16.5. The molecule has 0 heterocycles. The van der Waals surface area contributed by atoms with Crippen molar-refractivity contribution < 1.29 is 14.3 Å². The van der Waals surface area contributed by atoms with E-state index in [1.165, 1.54) is 5.56 Å². The van der Waals surface area contributed by atoms with Crippen molar-refractivity contribution >= 4 is 11.8 Å². The van der Waals surface area contributed by atoms with Gasteiger partial charge >= 0.3 is 5.97 Å². The highest BCUT2D eigenvalue weighted by Crippen LogP contribution is 2.33. The number of hydrogen-bond acceptors (Lipinski definition) is 3. The van der Waals surface area contributed by atoms with Gasteiger partial charge in [0.1, 0.15) is 5.78 Å². The molecule has 2 rings (SSSR count). The number of ketones is 1. The van der Waals surface area contributed by atoms with Crippen LogP contribution in [0.1, 0.15) is 70.8 Å². The Labute approximate surface area is 176 Å². The largest absolute Gasteiger partial charge is 0.463 e. The summed E-state index contributed by atoms with van der Waals surface area (Å²) in [7, 11) is 0. The van der Waals surface area contributed by atoms with E-state index in [1.807, 2.05) is 13.8 Å². The number of allylic oxidation sites excluding steroid dienone is 4. The van der Waals surface area contributed by atoms with Crippen molar-refractivity contribution in [3.05, 3.63) is 60.2 Å². The summed E-state index contributed by atoms with van der Waals surface area (Å²) in [5, 5.41) is 0. The van der Waals surface area contributed by atoms with Crippen molar-refractivity contribution in [3.8, 4) is 0 Å². The maximum Gasteiger partial charge on any atom is 0.306 e. The molecule has 1 aromatic carbocycles. The Morgan fingerprint density at radius 1 is 1.10 bits per heavy atom. The Morgan fingerprint density at radius 3 is 2.62 bits per heavy atom. The van der Waals surface area contributed by atoms with Crippen LogP contribution in [0.2, 0.25) is 0 Å². The standard InChI is InChI=1S/C26H36O3/c1-21(2)29-26(28)18-12-4-3-11-17-24-23(19-20-25(24)27)16-10-6-9-15-22-13-7-5-8-14-22/h3,5,7-8,10-11,13-14,16,21,23-24H,4,6,9,12,15,17-20H2,1-2H3/b11-3-,16-10+/t23?,24-/m1/s1. The van der Waals surface area contributed by atoms with Crippen LogP contribution in [0.5, 0.6) is 0 Å². The zero-order valence-corrected chi connectivity index (χ0v) is 18.0. The summed E-state index contributed by atoms with van der Waals surface area (Å²) in [6, 6.07) is 10.6. The molecular formula is C26H36O3. The van der Waals surface area contributed by atoms with Gasteiger partial charge in [0.15, 0.2) is 0 Å². The summed E-state index contributed by atoms with van der Waals surface area (Å²) in [5.41, 5.74) is 1.39. The van der Waals surface area contributed by atoms with Crippen LogP contribution in [0, 0.1) is 11.8 Å². The molecule has 0 aliphatic heterocycles. The minimum absolute atomic E-state index is 0.0465. The maximum absolute atomic E-state index is 12.2. The van der Waals surface area contributed by atoms with Gasteiger partial charge in [-0.2, -0.15) is 0 Å². The fourth-order valence-electron chi connectivity index (χ4n) is 3.86. The van der Waals surface area contributed by atoms with Crippen molar-refractivity contribution in [3.63, 3.8) is 0 Å². The van der Waals surface area contributed by atoms with E-state index in [-0.39, 0.29) is 18.0 Å². The molecule has 0 radical (unpaired) electrons. The number of esters is 1. The number of rotatable bonds is 12. The first-order valence-electron chi connectivity index (χ1n) is 11.1. The van der Waals surface area contributed by atoms with Gasteiger partial charge in [0.05, 0.1) is 6.10 Å². The molecule has 0 aromatic heterocycles. The first-order chi connectivity index (χ1) is 14.1. The summed E-state index contributed by atoms with van der Waals surface area (Å²) in [6.07, 6.45) is 16.6. The van der Waals surface area contributed by atoms with E-state index in [9.17, 15) is 9.59 Å². The number of carbonyl (C=O) groups excluding carboxylic acids is 2. The lowest BCUT2D eigenvalue weighted by Gasteiger charge is -2.12. The first-order valence-corrected chi connectivity index (χ1v) is 11.1. The number of ether oxygens (including phenoxy) is 1. The number of benzene rings is 1. The molecule has 0 saturated heterocycles. The van der Waals surface area contributed by atoms with Gasteiger partial charge in [-0.25, -0.2) is 0 Å². The molecule has 0 bridgehead atoms. The lowest BCUT2D eigenvalue weighted by molar-refractivity contribution is -0.147. The fraction of sp³-hybridized carbons (Fsp3) is 0.538. The SMILES string of the molecule is CC(C)OC(=O)CCC/C=C\C[C@H]1C(=O)CCC1/C=C/CCCc1ccccc1. The second kappa shape index (κ2) is 13.1. The Morgan fingerprint density at radius 2 is 1.86 bits per heavy atom. The molecule has 0 spiro atoms. The van der Waals surface area contributed by atoms with Gasteiger partial charge in [-0.05, 0) is 70.3 Å². The number of unbranched alkanes of at least 4 members (excludes halogenated alkanes) is 2. The second-order valence-electron chi connectivity index (χ2n) is 8.22. The van der Waals surface area contributed by atoms with Crippen LogP contribution in [0.3, 0.4) is 0 Å². The van der Waals surface area contributed by atoms with Gasteiger partial charge in [-0.15, -0.1) is 0 Å². The minimum atomic E-state index is -0.128. The van der Waals surface area contributed by atoms with Crippen molar-refractivity contribution in [2.45, 2.75) is 77.7 Å². The molecule has 1 aliphatic carbocycles. The Bertz CT molecular complexity index is 672. The van der Waals surface area contributed by atoms with Gasteiger partial charge in [-0.3, -0.25) is 9.59 Å². The molecule has 3 heteroatoms. The molecule has 1 saturated carbocycles. The van der Waals surface area contributed by atoms with Crippen molar-refractivity contribution in [2.75, 3.05) is 0 Å². The van der Waals surface area contributed by atoms with E-state index in [2.05, 4.69) is 54.6 Å². The van der Waals surface area contributed by atoms with Gasteiger partial charge in [0.2, 0.25) is 0 Å². The molecule has 158 valence electrons. The monoisotopic (exact) mass is 396 g/mol. The quantitative estimate of drug-likeness (QED) is 0.239. The minimum Gasteiger partial charge on any atom is -0.463 e. The van der Waals surface area contributed by atoms with Gasteiger partial charge < -0.3 is 4.74 Å². The van der Waals surface area contributed by atoms with E-state index in [0.29, 0.717) is 24.5 Å². The fourth-order valence-corrected chi connectivity index (χ4v) is 3.86.